The Morgan fingerprint density at radius 3 is 2.34 bits per heavy atom. The number of benzene rings is 2. The summed E-state index contributed by atoms with van der Waals surface area (Å²) in [7, 11) is 1.34. The molecule has 1 amide bonds. The summed E-state index contributed by atoms with van der Waals surface area (Å²) in [4.78, 5) is 24.7. The monoisotopic (exact) mass is 503 g/mol. The fourth-order valence-electron chi connectivity index (χ4n) is 3.16. The van der Waals surface area contributed by atoms with Crippen molar-refractivity contribution in [2.24, 2.45) is 0 Å². The predicted octanol–water partition coefficient (Wildman–Crippen LogP) is 4.62. The number of rotatable bonds is 6. The van der Waals surface area contributed by atoms with E-state index < -0.39 is 11.9 Å². The molecule has 5 nitrogen and oxygen atoms in total. The third-order valence-electron chi connectivity index (χ3n) is 4.81. The van der Waals surface area contributed by atoms with Crippen LogP contribution in [0.3, 0.4) is 0 Å². The molecule has 1 aliphatic carbocycles. The van der Waals surface area contributed by atoms with E-state index in [-0.39, 0.29) is 11.7 Å². The first-order valence-corrected chi connectivity index (χ1v) is 10.4. The number of halogens is 1. The minimum Gasteiger partial charge on any atom is -0.508 e. The first kappa shape index (κ1) is 21.1. The molecule has 2 N–H and O–H groups in total. The van der Waals surface area contributed by atoms with Crippen molar-refractivity contribution < 1.29 is 19.4 Å². The molecule has 2 aromatic rings. The van der Waals surface area contributed by atoms with Crippen LogP contribution in [-0.2, 0) is 16.0 Å². The van der Waals surface area contributed by atoms with Gasteiger partial charge in [0, 0.05) is 5.70 Å². The van der Waals surface area contributed by atoms with Crippen LogP contribution in [0, 0.1) is 0 Å². The average Bonchev–Trinajstić information content (AvgIpc) is 2.74. The number of hydrogen-bond donors (Lipinski definition) is 2. The lowest BCUT2D eigenvalue weighted by Gasteiger charge is -2.20. The first-order valence-electron chi connectivity index (χ1n) is 9.28. The predicted molar refractivity (Wildman–Crippen MR) is 120 cm³/mol. The molecular formula is C23H22INO4. The summed E-state index contributed by atoms with van der Waals surface area (Å²) in [5, 5.41) is 12.6. The second-order valence-electron chi connectivity index (χ2n) is 6.83. The van der Waals surface area contributed by atoms with Gasteiger partial charge in [-0.15, -0.1) is 0 Å². The van der Waals surface area contributed by atoms with Crippen molar-refractivity contribution in [2.45, 2.75) is 25.2 Å². The average molecular weight is 503 g/mol. The van der Waals surface area contributed by atoms with Crippen molar-refractivity contribution in [3.63, 3.8) is 0 Å². The van der Waals surface area contributed by atoms with E-state index in [2.05, 4.69) is 27.9 Å². The van der Waals surface area contributed by atoms with E-state index in [9.17, 15) is 14.7 Å². The van der Waals surface area contributed by atoms with Crippen LogP contribution in [0.25, 0.3) is 0 Å². The molecule has 1 unspecified atom stereocenters. The molecule has 3 rings (SSSR count). The van der Waals surface area contributed by atoms with Crippen LogP contribution in [0.4, 0.5) is 0 Å². The van der Waals surface area contributed by atoms with E-state index in [4.69, 9.17) is 4.74 Å². The van der Waals surface area contributed by atoms with Crippen LogP contribution in [0.5, 0.6) is 5.75 Å². The Bertz CT molecular complexity index is 946. The quantitative estimate of drug-likeness (QED) is 0.446. The summed E-state index contributed by atoms with van der Waals surface area (Å²) in [6.45, 7) is 0. The molecule has 0 saturated heterocycles. The number of carbonyl (C=O) groups excluding carboxylic acids is 2. The van der Waals surface area contributed by atoms with Crippen molar-refractivity contribution in [1.82, 2.24) is 5.32 Å². The van der Waals surface area contributed by atoms with E-state index >= 15 is 0 Å². The molecule has 6 heteroatoms. The lowest BCUT2D eigenvalue weighted by molar-refractivity contribution is -0.121. The van der Waals surface area contributed by atoms with Crippen LogP contribution in [0.15, 0.2) is 70.0 Å². The van der Waals surface area contributed by atoms with Crippen LogP contribution in [0.2, 0.25) is 0 Å². The van der Waals surface area contributed by atoms with Gasteiger partial charge in [-0.2, -0.15) is 0 Å². The van der Waals surface area contributed by atoms with Crippen molar-refractivity contribution in [2.75, 3.05) is 7.11 Å². The highest BCUT2D eigenvalue weighted by molar-refractivity contribution is 14.1. The summed E-state index contributed by atoms with van der Waals surface area (Å²) >= 11 is 2.30. The lowest BCUT2D eigenvalue weighted by atomic mass is 9.90. The normalized spacial score (nSPS) is 14.4. The molecule has 1 atom stereocenters. The van der Waals surface area contributed by atoms with Gasteiger partial charge in [0.25, 0.3) is 0 Å². The largest absolute Gasteiger partial charge is 0.508 e. The zero-order valence-electron chi connectivity index (χ0n) is 16.0. The zero-order valence-corrected chi connectivity index (χ0v) is 18.2. The highest BCUT2D eigenvalue weighted by atomic mass is 127. The number of aromatic hydroxyl groups is 1. The van der Waals surface area contributed by atoms with Crippen molar-refractivity contribution in [3.8, 4) is 5.75 Å². The molecule has 0 fully saturated rings. The maximum Gasteiger partial charge on any atom is 0.337 e. The van der Waals surface area contributed by atoms with E-state index in [1.54, 1.807) is 36.4 Å². The Kier molecular flexibility index (Phi) is 7.09. The maximum absolute atomic E-state index is 13.1. The maximum atomic E-state index is 13.1. The SMILES string of the molecule is COC(=O)c1ccc(CC(C(=O)NC2=CC=C(I)CC2)c2ccc(O)cc2)cc1. The molecule has 0 aromatic heterocycles. The zero-order chi connectivity index (χ0) is 20.8. The van der Waals surface area contributed by atoms with Crippen molar-refractivity contribution in [1.29, 1.82) is 0 Å². The van der Waals surface area contributed by atoms with Gasteiger partial charge in [-0.05, 0) is 86.9 Å². The van der Waals surface area contributed by atoms with Crippen LogP contribution >= 0.6 is 22.6 Å². The number of phenols is 1. The number of ether oxygens (including phenoxy) is 1. The molecule has 2 aromatic carbocycles. The van der Waals surface area contributed by atoms with Crippen molar-refractivity contribution in [3.05, 3.63) is 86.7 Å². The number of methoxy groups -OCH3 is 1. The Morgan fingerprint density at radius 1 is 1.07 bits per heavy atom. The third kappa shape index (κ3) is 5.69. The second kappa shape index (κ2) is 9.73. The Labute approximate surface area is 183 Å². The highest BCUT2D eigenvalue weighted by Gasteiger charge is 2.23. The van der Waals surface area contributed by atoms with Gasteiger partial charge < -0.3 is 15.2 Å². The molecule has 29 heavy (non-hydrogen) atoms. The van der Waals surface area contributed by atoms with E-state index in [1.165, 1.54) is 10.7 Å². The first-order chi connectivity index (χ1) is 14.0. The summed E-state index contributed by atoms with van der Waals surface area (Å²) in [5.74, 6) is -0.754. The number of esters is 1. The number of allylic oxidation sites excluding steroid dienone is 4. The smallest absolute Gasteiger partial charge is 0.337 e. The van der Waals surface area contributed by atoms with Gasteiger partial charge in [0.2, 0.25) is 5.91 Å². The second-order valence-corrected chi connectivity index (χ2v) is 8.22. The highest BCUT2D eigenvalue weighted by Crippen LogP contribution is 2.26. The van der Waals surface area contributed by atoms with E-state index in [1.807, 2.05) is 24.3 Å². The summed E-state index contributed by atoms with van der Waals surface area (Å²) in [5.41, 5.74) is 3.12. The molecule has 1 aliphatic rings. The fraction of sp³-hybridized carbons (Fsp3) is 0.217. The minimum absolute atomic E-state index is 0.0932. The van der Waals surface area contributed by atoms with Crippen LogP contribution in [-0.4, -0.2) is 24.1 Å². The molecule has 0 spiro atoms. The molecule has 0 aliphatic heterocycles. The fourth-order valence-corrected chi connectivity index (χ4v) is 3.61. The van der Waals surface area contributed by atoms with Crippen LogP contribution in [0.1, 0.15) is 40.2 Å². The van der Waals surface area contributed by atoms with Crippen molar-refractivity contribution >= 4 is 34.5 Å². The van der Waals surface area contributed by atoms with Gasteiger partial charge >= 0.3 is 5.97 Å². The van der Waals surface area contributed by atoms with Gasteiger partial charge in [0.05, 0.1) is 18.6 Å². The van der Waals surface area contributed by atoms with Gasteiger partial charge in [-0.25, -0.2) is 4.79 Å². The molecular weight excluding hydrogens is 481 g/mol. The minimum atomic E-state index is -0.426. The Balaban J connectivity index is 1.82. The number of phenolic OH excluding ortho intramolecular Hbond substituents is 1. The van der Waals surface area contributed by atoms with Crippen LogP contribution < -0.4 is 5.32 Å². The number of carbonyl (C=O) groups is 2. The Hall–Kier alpha value is -2.61. The standard InChI is InChI=1S/C23H22INO4/c1-29-23(28)17-4-2-15(3-5-17)14-21(16-6-12-20(26)13-7-16)22(27)25-19-10-8-18(24)9-11-19/h2-8,10,12-13,21,26H,9,11,14H2,1H3,(H,25,27). The number of amides is 1. The molecule has 0 bridgehead atoms. The van der Waals surface area contributed by atoms with Gasteiger partial charge in [-0.3, -0.25) is 4.79 Å². The number of nitrogens with one attached hydrogen (secondary N) is 1. The van der Waals surface area contributed by atoms with Gasteiger partial charge in [-0.1, -0.05) is 30.3 Å². The third-order valence-corrected chi connectivity index (χ3v) is 5.71. The van der Waals surface area contributed by atoms with E-state index in [0.29, 0.717) is 12.0 Å². The summed E-state index contributed by atoms with van der Waals surface area (Å²) in [6.07, 6.45) is 6.16. The number of hydrogen-bond acceptors (Lipinski definition) is 4. The van der Waals surface area contributed by atoms with E-state index in [0.717, 1.165) is 29.7 Å². The molecule has 0 radical (unpaired) electrons. The topological polar surface area (TPSA) is 75.6 Å². The molecule has 0 heterocycles. The summed E-state index contributed by atoms with van der Waals surface area (Å²) in [6, 6.07) is 13.8. The Morgan fingerprint density at radius 2 is 1.76 bits per heavy atom. The van der Waals surface area contributed by atoms with Gasteiger partial charge in [0.15, 0.2) is 0 Å². The molecule has 150 valence electrons. The molecule has 0 saturated carbocycles. The lowest BCUT2D eigenvalue weighted by Crippen LogP contribution is -2.30. The summed E-state index contributed by atoms with van der Waals surface area (Å²) < 4.78 is 6.00. The van der Waals surface area contributed by atoms with Gasteiger partial charge in [0.1, 0.15) is 5.75 Å².